The van der Waals surface area contributed by atoms with Gasteiger partial charge in [0.2, 0.25) is 0 Å². The molecule has 0 aliphatic carbocycles. The van der Waals surface area contributed by atoms with Crippen molar-refractivity contribution in [1.29, 1.82) is 0 Å². The monoisotopic (exact) mass is 328 g/mol. The fourth-order valence-corrected chi connectivity index (χ4v) is 2.29. The van der Waals surface area contributed by atoms with E-state index in [1.807, 2.05) is 6.92 Å². The van der Waals surface area contributed by atoms with E-state index in [1.165, 1.54) is 6.07 Å². The van der Waals surface area contributed by atoms with Gasteiger partial charge in [0, 0.05) is 16.5 Å². The molecule has 0 saturated heterocycles. The molecule has 0 atom stereocenters. The lowest BCUT2D eigenvalue weighted by Crippen LogP contribution is -1.99. The van der Waals surface area contributed by atoms with Crippen molar-refractivity contribution in [3.05, 3.63) is 52.6 Å². The van der Waals surface area contributed by atoms with E-state index >= 15 is 0 Å². The van der Waals surface area contributed by atoms with Crippen molar-refractivity contribution in [3.8, 4) is 0 Å². The summed E-state index contributed by atoms with van der Waals surface area (Å²) < 4.78 is 13.7. The standard InChI is InChI=1S/C13H11BrClFN2/c1-8-9(5-14)6-17-7-13(8)18-12-3-2-10(15)4-11(12)16/h2-4,6-7,18H,5H2,1H3. The minimum atomic E-state index is -0.383. The topological polar surface area (TPSA) is 24.9 Å². The van der Waals surface area contributed by atoms with Crippen LogP contribution in [0.1, 0.15) is 11.1 Å². The largest absolute Gasteiger partial charge is 0.352 e. The number of halogens is 3. The average Bonchev–Trinajstić information content (AvgIpc) is 2.35. The van der Waals surface area contributed by atoms with E-state index in [9.17, 15) is 4.39 Å². The zero-order valence-corrected chi connectivity index (χ0v) is 12.0. The smallest absolute Gasteiger partial charge is 0.148 e. The lowest BCUT2D eigenvalue weighted by Gasteiger charge is -2.12. The number of hydrogen-bond acceptors (Lipinski definition) is 2. The SMILES string of the molecule is Cc1c(CBr)cncc1Nc1ccc(Cl)cc1F. The molecule has 0 spiro atoms. The fraction of sp³-hybridized carbons (Fsp3) is 0.154. The maximum Gasteiger partial charge on any atom is 0.148 e. The Labute approximate surface area is 118 Å². The van der Waals surface area contributed by atoms with E-state index in [-0.39, 0.29) is 5.82 Å². The van der Waals surface area contributed by atoms with E-state index in [0.717, 1.165) is 16.8 Å². The van der Waals surface area contributed by atoms with Crippen LogP contribution in [0.15, 0.2) is 30.6 Å². The Morgan fingerprint density at radius 1 is 1.33 bits per heavy atom. The molecule has 0 aliphatic heterocycles. The van der Waals surface area contributed by atoms with Crippen LogP contribution >= 0.6 is 27.5 Å². The third kappa shape index (κ3) is 2.82. The normalized spacial score (nSPS) is 10.4. The van der Waals surface area contributed by atoms with Crippen LogP contribution < -0.4 is 5.32 Å². The van der Waals surface area contributed by atoms with Gasteiger partial charge in [-0.15, -0.1) is 0 Å². The van der Waals surface area contributed by atoms with Gasteiger partial charge in [0.25, 0.3) is 0 Å². The maximum absolute atomic E-state index is 13.7. The van der Waals surface area contributed by atoms with Crippen molar-refractivity contribution < 1.29 is 4.39 Å². The van der Waals surface area contributed by atoms with E-state index in [4.69, 9.17) is 11.6 Å². The van der Waals surface area contributed by atoms with Gasteiger partial charge in [-0.25, -0.2) is 4.39 Å². The van der Waals surface area contributed by atoms with Crippen LogP contribution in [0.25, 0.3) is 0 Å². The first-order valence-corrected chi connectivity index (χ1v) is 6.83. The number of aromatic nitrogens is 1. The summed E-state index contributed by atoms with van der Waals surface area (Å²) in [5.41, 5.74) is 3.27. The molecule has 0 aliphatic rings. The third-order valence-corrected chi connectivity index (χ3v) is 3.50. The summed E-state index contributed by atoms with van der Waals surface area (Å²) in [7, 11) is 0. The number of anilines is 2. The fourth-order valence-electron chi connectivity index (χ4n) is 1.57. The van der Waals surface area contributed by atoms with Gasteiger partial charge >= 0.3 is 0 Å². The van der Waals surface area contributed by atoms with Gasteiger partial charge in [-0.1, -0.05) is 27.5 Å². The minimum Gasteiger partial charge on any atom is -0.352 e. The van der Waals surface area contributed by atoms with E-state index in [1.54, 1.807) is 24.5 Å². The molecule has 94 valence electrons. The molecule has 2 nitrogen and oxygen atoms in total. The van der Waals surface area contributed by atoms with Crippen LogP contribution in [0.4, 0.5) is 15.8 Å². The molecular formula is C13H11BrClFN2. The summed E-state index contributed by atoms with van der Waals surface area (Å²) in [6, 6.07) is 4.53. The molecule has 1 N–H and O–H groups in total. The zero-order valence-electron chi connectivity index (χ0n) is 9.67. The second-order valence-corrected chi connectivity index (χ2v) is 4.85. The van der Waals surface area contributed by atoms with Crippen molar-refractivity contribution in [1.82, 2.24) is 4.98 Å². The summed E-state index contributed by atoms with van der Waals surface area (Å²) in [5, 5.41) is 4.12. The van der Waals surface area contributed by atoms with Crippen LogP contribution in [0.2, 0.25) is 5.02 Å². The molecule has 0 amide bonds. The lowest BCUT2D eigenvalue weighted by atomic mass is 10.1. The Morgan fingerprint density at radius 2 is 2.11 bits per heavy atom. The highest BCUT2D eigenvalue weighted by atomic mass is 79.9. The molecule has 5 heteroatoms. The summed E-state index contributed by atoms with van der Waals surface area (Å²) in [6.07, 6.45) is 3.46. The van der Waals surface area contributed by atoms with Gasteiger partial charge in [0.1, 0.15) is 5.82 Å². The predicted octanol–water partition coefficient (Wildman–Crippen LogP) is 4.82. The molecule has 0 fully saturated rings. The first kappa shape index (κ1) is 13.3. The number of hydrogen-bond donors (Lipinski definition) is 1. The molecule has 0 unspecified atom stereocenters. The lowest BCUT2D eigenvalue weighted by molar-refractivity contribution is 0.632. The van der Waals surface area contributed by atoms with Crippen molar-refractivity contribution in [2.24, 2.45) is 0 Å². The van der Waals surface area contributed by atoms with Crippen molar-refractivity contribution in [2.45, 2.75) is 12.3 Å². The molecular weight excluding hydrogens is 319 g/mol. The van der Waals surface area contributed by atoms with Gasteiger partial charge < -0.3 is 5.32 Å². The Bertz CT molecular complexity index is 575. The molecule has 0 saturated carbocycles. The van der Waals surface area contributed by atoms with Crippen molar-refractivity contribution >= 4 is 38.9 Å². The average molecular weight is 330 g/mol. The van der Waals surface area contributed by atoms with Crippen LogP contribution in [0.5, 0.6) is 0 Å². The number of pyridine rings is 1. The molecule has 18 heavy (non-hydrogen) atoms. The highest BCUT2D eigenvalue weighted by Crippen LogP contribution is 2.26. The van der Waals surface area contributed by atoms with Crippen LogP contribution in [-0.2, 0) is 5.33 Å². The molecule has 0 bridgehead atoms. The highest BCUT2D eigenvalue weighted by Gasteiger charge is 2.07. The quantitative estimate of drug-likeness (QED) is 0.817. The van der Waals surface area contributed by atoms with E-state index < -0.39 is 0 Å². The first-order chi connectivity index (χ1) is 8.61. The number of nitrogens with one attached hydrogen (secondary N) is 1. The Kier molecular flexibility index (Phi) is 4.19. The highest BCUT2D eigenvalue weighted by molar-refractivity contribution is 9.08. The van der Waals surface area contributed by atoms with Crippen LogP contribution in [-0.4, -0.2) is 4.98 Å². The molecule has 2 aromatic rings. The summed E-state index contributed by atoms with van der Waals surface area (Å²) in [4.78, 5) is 4.12. The Hall–Kier alpha value is -1.13. The zero-order chi connectivity index (χ0) is 13.1. The second kappa shape index (κ2) is 5.67. The third-order valence-electron chi connectivity index (χ3n) is 2.66. The number of alkyl halides is 1. The van der Waals surface area contributed by atoms with E-state index in [0.29, 0.717) is 16.0 Å². The number of benzene rings is 1. The molecule has 2 rings (SSSR count). The number of rotatable bonds is 3. The summed E-state index contributed by atoms with van der Waals surface area (Å²) in [5.74, 6) is -0.383. The predicted molar refractivity (Wildman–Crippen MR) is 76.3 cm³/mol. The molecule has 1 aromatic heterocycles. The number of nitrogens with zero attached hydrogens (tertiary/aromatic N) is 1. The van der Waals surface area contributed by atoms with Gasteiger partial charge in [0.05, 0.1) is 17.6 Å². The minimum absolute atomic E-state index is 0.377. The van der Waals surface area contributed by atoms with Gasteiger partial charge in [0.15, 0.2) is 0 Å². The van der Waals surface area contributed by atoms with Crippen molar-refractivity contribution in [3.63, 3.8) is 0 Å². The summed E-state index contributed by atoms with van der Waals surface area (Å²) >= 11 is 9.11. The van der Waals surface area contributed by atoms with Crippen molar-refractivity contribution in [2.75, 3.05) is 5.32 Å². The van der Waals surface area contributed by atoms with Gasteiger partial charge in [-0.05, 0) is 36.2 Å². The Balaban J connectivity index is 2.34. The maximum atomic E-state index is 13.7. The second-order valence-electron chi connectivity index (χ2n) is 3.85. The Morgan fingerprint density at radius 3 is 2.78 bits per heavy atom. The van der Waals surface area contributed by atoms with Crippen LogP contribution in [0, 0.1) is 12.7 Å². The van der Waals surface area contributed by atoms with E-state index in [2.05, 4.69) is 26.2 Å². The first-order valence-electron chi connectivity index (χ1n) is 5.33. The van der Waals surface area contributed by atoms with Crippen LogP contribution in [0.3, 0.4) is 0 Å². The molecule has 0 radical (unpaired) electrons. The molecule has 1 aromatic carbocycles. The van der Waals surface area contributed by atoms with Gasteiger partial charge in [-0.3, -0.25) is 4.98 Å². The van der Waals surface area contributed by atoms with Gasteiger partial charge in [-0.2, -0.15) is 0 Å². The molecule has 1 heterocycles. The summed E-state index contributed by atoms with van der Waals surface area (Å²) in [6.45, 7) is 1.97.